The Balaban J connectivity index is 2.65. The Morgan fingerprint density at radius 2 is 2.18 bits per heavy atom. The summed E-state index contributed by atoms with van der Waals surface area (Å²) in [6, 6.07) is 2.18. The lowest BCUT2D eigenvalue weighted by Gasteiger charge is -2.22. The quantitative estimate of drug-likeness (QED) is 0.787. The molecular formula is C13H25N3O. The summed E-state index contributed by atoms with van der Waals surface area (Å²) in [7, 11) is 3.71. The molecule has 0 fully saturated rings. The standard InChI is InChI=1S/C13H25N3O/c1-5-7-13(17-4)12(14)9-11-8-10(6-2)15-16(11)3/h8,12-13H,5-7,9,14H2,1-4H3. The second kappa shape index (κ2) is 6.77. The van der Waals surface area contributed by atoms with Crippen LogP contribution in [0.1, 0.15) is 38.1 Å². The van der Waals surface area contributed by atoms with Crippen LogP contribution in [0.15, 0.2) is 6.07 Å². The van der Waals surface area contributed by atoms with Crippen molar-refractivity contribution >= 4 is 0 Å². The van der Waals surface area contributed by atoms with E-state index in [0.29, 0.717) is 0 Å². The Hall–Kier alpha value is -0.870. The zero-order chi connectivity index (χ0) is 12.8. The fourth-order valence-corrected chi connectivity index (χ4v) is 2.10. The zero-order valence-electron chi connectivity index (χ0n) is 11.4. The smallest absolute Gasteiger partial charge is 0.0725 e. The topological polar surface area (TPSA) is 53.1 Å². The van der Waals surface area contributed by atoms with Crippen molar-refractivity contribution in [2.45, 2.75) is 51.7 Å². The maximum Gasteiger partial charge on any atom is 0.0725 e. The average molecular weight is 239 g/mol. The van der Waals surface area contributed by atoms with Crippen LogP contribution in [0.4, 0.5) is 0 Å². The molecule has 1 rings (SSSR count). The Bertz CT molecular complexity index is 335. The number of hydrogen-bond donors (Lipinski definition) is 1. The Morgan fingerprint density at radius 1 is 1.47 bits per heavy atom. The van der Waals surface area contributed by atoms with Gasteiger partial charge in [-0.3, -0.25) is 4.68 Å². The minimum Gasteiger partial charge on any atom is -0.380 e. The number of nitrogens with zero attached hydrogens (tertiary/aromatic N) is 2. The van der Waals surface area contributed by atoms with Crippen LogP contribution in [0.3, 0.4) is 0 Å². The van der Waals surface area contributed by atoms with E-state index in [-0.39, 0.29) is 12.1 Å². The van der Waals surface area contributed by atoms with Crippen molar-refractivity contribution in [3.63, 3.8) is 0 Å². The molecule has 0 aliphatic heterocycles. The van der Waals surface area contributed by atoms with Gasteiger partial charge in [-0.1, -0.05) is 20.3 Å². The molecule has 0 aliphatic rings. The van der Waals surface area contributed by atoms with Crippen LogP contribution < -0.4 is 5.73 Å². The van der Waals surface area contributed by atoms with Gasteiger partial charge in [0.05, 0.1) is 11.8 Å². The molecule has 98 valence electrons. The Kier molecular flexibility index (Phi) is 5.65. The van der Waals surface area contributed by atoms with Crippen LogP contribution in [-0.4, -0.2) is 29.0 Å². The number of methoxy groups -OCH3 is 1. The van der Waals surface area contributed by atoms with Gasteiger partial charge in [0.1, 0.15) is 0 Å². The maximum atomic E-state index is 6.20. The van der Waals surface area contributed by atoms with E-state index >= 15 is 0 Å². The van der Waals surface area contributed by atoms with Crippen LogP contribution in [0.2, 0.25) is 0 Å². The molecule has 0 bridgehead atoms. The number of aromatic nitrogens is 2. The van der Waals surface area contributed by atoms with Crippen molar-refractivity contribution < 1.29 is 4.74 Å². The predicted molar refractivity (Wildman–Crippen MR) is 70.0 cm³/mol. The van der Waals surface area contributed by atoms with Crippen molar-refractivity contribution in [1.82, 2.24) is 9.78 Å². The molecule has 17 heavy (non-hydrogen) atoms. The molecule has 0 spiro atoms. The van der Waals surface area contributed by atoms with Gasteiger partial charge in [-0.05, 0) is 18.9 Å². The van der Waals surface area contributed by atoms with E-state index in [0.717, 1.165) is 31.4 Å². The summed E-state index contributed by atoms with van der Waals surface area (Å²) in [5, 5.41) is 4.43. The second-order valence-corrected chi connectivity index (χ2v) is 4.53. The molecule has 1 heterocycles. The van der Waals surface area contributed by atoms with E-state index in [2.05, 4.69) is 25.0 Å². The van der Waals surface area contributed by atoms with E-state index in [1.165, 1.54) is 5.69 Å². The molecule has 2 N–H and O–H groups in total. The number of nitrogens with two attached hydrogens (primary N) is 1. The van der Waals surface area contributed by atoms with Crippen molar-refractivity contribution in [2.75, 3.05) is 7.11 Å². The molecule has 0 amide bonds. The summed E-state index contributed by atoms with van der Waals surface area (Å²) in [6.07, 6.45) is 4.03. The molecule has 0 aliphatic carbocycles. The lowest BCUT2D eigenvalue weighted by atomic mass is 10.0. The largest absolute Gasteiger partial charge is 0.380 e. The Labute approximate surface area is 104 Å². The van der Waals surface area contributed by atoms with Crippen molar-refractivity contribution in [3.8, 4) is 0 Å². The lowest BCUT2D eigenvalue weighted by molar-refractivity contribution is 0.0721. The van der Waals surface area contributed by atoms with E-state index < -0.39 is 0 Å². The third-order valence-corrected chi connectivity index (χ3v) is 3.19. The molecule has 4 heteroatoms. The molecular weight excluding hydrogens is 214 g/mol. The third-order valence-electron chi connectivity index (χ3n) is 3.19. The first kappa shape index (κ1) is 14.2. The number of ether oxygens (including phenoxy) is 1. The highest BCUT2D eigenvalue weighted by molar-refractivity contribution is 5.11. The van der Waals surface area contributed by atoms with Gasteiger partial charge in [0.15, 0.2) is 0 Å². The van der Waals surface area contributed by atoms with E-state index in [1.54, 1.807) is 7.11 Å². The number of hydrogen-bond acceptors (Lipinski definition) is 3. The first-order valence-electron chi connectivity index (χ1n) is 6.42. The van der Waals surface area contributed by atoms with Gasteiger partial charge in [-0.2, -0.15) is 5.10 Å². The summed E-state index contributed by atoms with van der Waals surface area (Å²) < 4.78 is 7.37. The minimum atomic E-state index is 0.0417. The third kappa shape index (κ3) is 3.82. The predicted octanol–water partition coefficient (Wildman–Crippen LogP) is 1.67. The summed E-state index contributed by atoms with van der Waals surface area (Å²) >= 11 is 0. The molecule has 2 atom stereocenters. The summed E-state index contributed by atoms with van der Waals surface area (Å²) in [5.41, 5.74) is 8.51. The van der Waals surface area contributed by atoms with Crippen LogP contribution in [0, 0.1) is 0 Å². The monoisotopic (exact) mass is 239 g/mol. The summed E-state index contributed by atoms with van der Waals surface area (Å²) in [6.45, 7) is 4.26. The minimum absolute atomic E-state index is 0.0417. The van der Waals surface area contributed by atoms with Gasteiger partial charge in [0.2, 0.25) is 0 Å². The second-order valence-electron chi connectivity index (χ2n) is 4.53. The SMILES string of the molecule is CCCC(OC)C(N)Cc1cc(CC)nn1C. The van der Waals surface area contributed by atoms with Crippen LogP contribution >= 0.6 is 0 Å². The number of rotatable bonds is 7. The highest BCUT2D eigenvalue weighted by Gasteiger charge is 2.18. The fraction of sp³-hybridized carbons (Fsp3) is 0.769. The zero-order valence-corrected chi connectivity index (χ0v) is 11.4. The Morgan fingerprint density at radius 3 is 2.65 bits per heavy atom. The van der Waals surface area contributed by atoms with Crippen molar-refractivity contribution in [1.29, 1.82) is 0 Å². The summed E-state index contributed by atoms with van der Waals surface area (Å²) in [5.74, 6) is 0. The molecule has 1 aromatic heterocycles. The molecule has 0 saturated carbocycles. The highest BCUT2D eigenvalue weighted by atomic mass is 16.5. The van der Waals surface area contributed by atoms with Gasteiger partial charge in [0, 0.05) is 32.3 Å². The molecule has 0 radical (unpaired) electrons. The molecule has 1 aromatic rings. The lowest BCUT2D eigenvalue weighted by Crippen LogP contribution is -2.38. The van der Waals surface area contributed by atoms with Crippen LogP contribution in [0.5, 0.6) is 0 Å². The maximum absolute atomic E-state index is 6.20. The molecule has 2 unspecified atom stereocenters. The van der Waals surface area contributed by atoms with E-state index in [9.17, 15) is 0 Å². The molecule has 0 saturated heterocycles. The first-order valence-corrected chi connectivity index (χ1v) is 6.42. The van der Waals surface area contributed by atoms with Gasteiger partial charge >= 0.3 is 0 Å². The van der Waals surface area contributed by atoms with Crippen molar-refractivity contribution in [2.24, 2.45) is 12.8 Å². The average Bonchev–Trinajstić information content (AvgIpc) is 2.67. The van der Waals surface area contributed by atoms with E-state index in [4.69, 9.17) is 10.5 Å². The van der Waals surface area contributed by atoms with Gasteiger partial charge in [0.25, 0.3) is 0 Å². The van der Waals surface area contributed by atoms with Gasteiger partial charge in [-0.15, -0.1) is 0 Å². The first-order chi connectivity index (χ1) is 8.12. The molecule has 4 nitrogen and oxygen atoms in total. The van der Waals surface area contributed by atoms with Gasteiger partial charge in [-0.25, -0.2) is 0 Å². The van der Waals surface area contributed by atoms with Crippen LogP contribution in [-0.2, 0) is 24.6 Å². The highest BCUT2D eigenvalue weighted by Crippen LogP contribution is 2.12. The molecule has 0 aromatic carbocycles. The fourth-order valence-electron chi connectivity index (χ4n) is 2.10. The van der Waals surface area contributed by atoms with Gasteiger partial charge < -0.3 is 10.5 Å². The van der Waals surface area contributed by atoms with Crippen molar-refractivity contribution in [3.05, 3.63) is 17.5 Å². The van der Waals surface area contributed by atoms with Crippen LogP contribution in [0.25, 0.3) is 0 Å². The normalized spacial score (nSPS) is 14.9. The van der Waals surface area contributed by atoms with E-state index in [1.807, 2.05) is 11.7 Å². The number of aryl methyl sites for hydroxylation is 2. The summed E-state index contributed by atoms with van der Waals surface area (Å²) in [4.78, 5) is 0.